The van der Waals surface area contributed by atoms with Gasteiger partial charge in [-0.25, -0.2) is 0 Å². The van der Waals surface area contributed by atoms with Crippen molar-refractivity contribution in [2.75, 3.05) is 24.7 Å². The van der Waals surface area contributed by atoms with E-state index in [1.165, 1.54) is 22.6 Å². The van der Waals surface area contributed by atoms with Gasteiger partial charge < -0.3 is 14.9 Å². The lowest BCUT2D eigenvalue weighted by Gasteiger charge is -2.41. The Bertz CT molecular complexity index is 716. The van der Waals surface area contributed by atoms with E-state index in [0.717, 1.165) is 32.7 Å². The molecular weight excluding hydrogens is 302 g/mol. The molecule has 0 bridgehead atoms. The molecule has 0 aromatic heterocycles. The molecule has 0 spiro atoms. The molecule has 5 heteroatoms. The molecule has 0 saturated heterocycles. The van der Waals surface area contributed by atoms with E-state index in [-0.39, 0.29) is 6.47 Å². The van der Waals surface area contributed by atoms with Crippen molar-refractivity contribution in [1.82, 2.24) is 4.90 Å². The highest BCUT2D eigenvalue weighted by atomic mass is 16.3. The maximum atomic E-state index is 8.36. The quantitative estimate of drug-likeness (QED) is 0.864. The third-order valence-electron chi connectivity index (χ3n) is 4.19. The van der Waals surface area contributed by atoms with Crippen molar-refractivity contribution >= 4 is 18.0 Å². The van der Waals surface area contributed by atoms with Crippen LogP contribution in [0.4, 0.5) is 5.69 Å². The highest BCUT2D eigenvalue weighted by Gasteiger charge is 2.28. The summed E-state index contributed by atoms with van der Waals surface area (Å²) in [5, 5.41) is 6.89. The van der Waals surface area contributed by atoms with E-state index in [4.69, 9.17) is 14.9 Å². The Hall–Kier alpha value is -2.82. The zero-order chi connectivity index (χ0) is 16.8. The topological polar surface area (TPSA) is 56.1 Å². The Balaban J connectivity index is 0.000000526. The molecular formula is C19H21N3O2. The Morgan fingerprint density at radius 3 is 2.58 bits per heavy atom. The monoisotopic (exact) mass is 323 g/mol. The Labute approximate surface area is 141 Å². The van der Waals surface area contributed by atoms with E-state index in [1.807, 2.05) is 0 Å². The maximum Gasteiger partial charge on any atom is 0.290 e. The van der Waals surface area contributed by atoms with Gasteiger partial charge in [0.25, 0.3) is 6.47 Å². The summed E-state index contributed by atoms with van der Waals surface area (Å²) in [6.07, 6.45) is 1.16. The van der Waals surface area contributed by atoms with E-state index < -0.39 is 0 Å². The van der Waals surface area contributed by atoms with E-state index in [2.05, 4.69) is 64.4 Å². The number of nitrogens with zero attached hydrogens (tertiary/aromatic N) is 3. The van der Waals surface area contributed by atoms with Gasteiger partial charge in [-0.05, 0) is 24.1 Å². The number of amidine groups is 1. The second-order valence-corrected chi connectivity index (χ2v) is 5.77. The summed E-state index contributed by atoms with van der Waals surface area (Å²) in [4.78, 5) is 18.0. The van der Waals surface area contributed by atoms with Gasteiger partial charge in [0.2, 0.25) is 0 Å². The first kappa shape index (κ1) is 16.1. The van der Waals surface area contributed by atoms with Crippen LogP contribution in [-0.2, 0) is 11.3 Å². The normalized spacial score (nSPS) is 15.4. The molecule has 0 aliphatic carbocycles. The first-order valence-corrected chi connectivity index (χ1v) is 8.09. The van der Waals surface area contributed by atoms with Crippen LogP contribution in [0.15, 0.2) is 59.6 Å². The van der Waals surface area contributed by atoms with Gasteiger partial charge in [-0.15, -0.1) is 0 Å². The number of fused-ring (bicyclic) bond motifs is 3. The third kappa shape index (κ3) is 3.40. The van der Waals surface area contributed by atoms with Gasteiger partial charge in [-0.3, -0.25) is 9.79 Å². The number of benzene rings is 2. The third-order valence-corrected chi connectivity index (χ3v) is 4.19. The van der Waals surface area contributed by atoms with Gasteiger partial charge in [-0.1, -0.05) is 42.5 Å². The van der Waals surface area contributed by atoms with Crippen molar-refractivity contribution in [1.29, 1.82) is 0 Å². The predicted octanol–water partition coefficient (Wildman–Crippen LogP) is 2.82. The molecule has 0 unspecified atom stereocenters. The summed E-state index contributed by atoms with van der Waals surface area (Å²) in [5.41, 5.74) is 3.93. The fourth-order valence-electron chi connectivity index (χ4n) is 3.21. The largest absolute Gasteiger partial charge is 0.483 e. The molecule has 24 heavy (non-hydrogen) atoms. The van der Waals surface area contributed by atoms with Gasteiger partial charge in [0.05, 0.1) is 6.67 Å². The molecule has 4 rings (SSSR count). The summed E-state index contributed by atoms with van der Waals surface area (Å²) in [5.74, 6) is 1.18. The zero-order valence-corrected chi connectivity index (χ0v) is 13.5. The summed E-state index contributed by atoms with van der Waals surface area (Å²) in [7, 11) is 0. The van der Waals surface area contributed by atoms with Crippen molar-refractivity contribution in [2.45, 2.75) is 13.0 Å². The van der Waals surface area contributed by atoms with Gasteiger partial charge in [0.15, 0.2) is 0 Å². The average molecular weight is 323 g/mol. The lowest BCUT2D eigenvalue weighted by Crippen LogP contribution is -2.48. The number of aliphatic imine (C=N–C) groups is 1. The standard InChI is InChI=1S/C18H19N3.CH2O2/c1-2-7-15(8-3-1)13-21-14-20-12-6-11-19-18(20)16-9-4-5-10-17(16)21;2-1-3/h1-5,7-10H,6,11-14H2;1H,(H,2,3). The van der Waals surface area contributed by atoms with E-state index in [0.29, 0.717) is 0 Å². The van der Waals surface area contributed by atoms with Crippen molar-refractivity contribution in [3.05, 3.63) is 65.7 Å². The number of hydrogen-bond donors (Lipinski definition) is 1. The van der Waals surface area contributed by atoms with Crippen LogP contribution in [0.2, 0.25) is 0 Å². The Morgan fingerprint density at radius 2 is 1.79 bits per heavy atom. The van der Waals surface area contributed by atoms with Crippen LogP contribution in [0.1, 0.15) is 17.5 Å². The van der Waals surface area contributed by atoms with Crippen LogP contribution in [0, 0.1) is 0 Å². The molecule has 0 amide bonds. The maximum absolute atomic E-state index is 8.36. The minimum Gasteiger partial charge on any atom is -0.483 e. The van der Waals surface area contributed by atoms with Crippen LogP contribution in [0.5, 0.6) is 0 Å². The lowest BCUT2D eigenvalue weighted by atomic mass is 10.1. The highest BCUT2D eigenvalue weighted by molar-refractivity contribution is 6.05. The average Bonchev–Trinajstić information content (AvgIpc) is 2.63. The summed E-state index contributed by atoms with van der Waals surface area (Å²) in [6.45, 7) is 3.70. The number of carboxylic acid groups (broad SMARTS) is 1. The fourth-order valence-corrected chi connectivity index (χ4v) is 3.21. The number of para-hydroxylation sites is 1. The van der Waals surface area contributed by atoms with Gasteiger partial charge in [-0.2, -0.15) is 0 Å². The highest BCUT2D eigenvalue weighted by Crippen LogP contribution is 2.30. The summed E-state index contributed by atoms with van der Waals surface area (Å²) < 4.78 is 0. The molecule has 0 saturated carbocycles. The van der Waals surface area contributed by atoms with E-state index in [9.17, 15) is 0 Å². The molecule has 5 nitrogen and oxygen atoms in total. The summed E-state index contributed by atoms with van der Waals surface area (Å²) in [6, 6.07) is 19.3. The minimum atomic E-state index is -0.250. The molecule has 1 N–H and O–H groups in total. The molecule has 2 aromatic carbocycles. The van der Waals surface area contributed by atoms with E-state index in [1.54, 1.807) is 0 Å². The molecule has 2 aliphatic rings. The van der Waals surface area contributed by atoms with Gasteiger partial charge in [0.1, 0.15) is 5.84 Å². The molecule has 2 aromatic rings. The van der Waals surface area contributed by atoms with Crippen molar-refractivity contribution in [3.8, 4) is 0 Å². The zero-order valence-electron chi connectivity index (χ0n) is 13.5. The van der Waals surface area contributed by atoms with Crippen molar-refractivity contribution in [3.63, 3.8) is 0 Å². The second-order valence-electron chi connectivity index (χ2n) is 5.77. The van der Waals surface area contributed by atoms with Crippen molar-refractivity contribution in [2.24, 2.45) is 4.99 Å². The Kier molecular flexibility index (Phi) is 5.11. The molecule has 2 heterocycles. The smallest absolute Gasteiger partial charge is 0.290 e. The van der Waals surface area contributed by atoms with Crippen LogP contribution in [0.3, 0.4) is 0 Å². The fraction of sp³-hybridized carbons (Fsp3) is 0.263. The van der Waals surface area contributed by atoms with Crippen LogP contribution < -0.4 is 4.90 Å². The molecule has 0 fully saturated rings. The number of hydrogen-bond acceptors (Lipinski definition) is 4. The Morgan fingerprint density at radius 1 is 1.08 bits per heavy atom. The predicted molar refractivity (Wildman–Crippen MR) is 95.4 cm³/mol. The first-order chi connectivity index (χ1) is 11.8. The van der Waals surface area contributed by atoms with Gasteiger partial charge >= 0.3 is 0 Å². The summed E-state index contributed by atoms with van der Waals surface area (Å²) >= 11 is 0. The van der Waals surface area contributed by atoms with E-state index >= 15 is 0 Å². The van der Waals surface area contributed by atoms with Gasteiger partial charge in [0, 0.05) is 30.9 Å². The molecule has 124 valence electrons. The molecule has 2 aliphatic heterocycles. The SMILES string of the molecule is O=CO.c1ccc(CN2CN3CCCN=C3c3ccccc32)cc1. The van der Waals surface area contributed by atoms with Crippen LogP contribution in [0.25, 0.3) is 0 Å². The number of rotatable bonds is 2. The molecule has 0 radical (unpaired) electrons. The second kappa shape index (κ2) is 7.64. The lowest BCUT2D eigenvalue weighted by molar-refractivity contribution is -0.122. The molecule has 0 atom stereocenters. The minimum absolute atomic E-state index is 0.250. The number of anilines is 1. The van der Waals surface area contributed by atoms with Crippen LogP contribution in [-0.4, -0.2) is 42.1 Å². The number of carbonyl (C=O) groups is 1. The first-order valence-electron chi connectivity index (χ1n) is 8.09. The van der Waals surface area contributed by atoms with Crippen molar-refractivity contribution < 1.29 is 9.90 Å². The van der Waals surface area contributed by atoms with Crippen LogP contribution >= 0.6 is 0 Å².